The Balaban J connectivity index is 2.65. The van der Waals surface area contributed by atoms with E-state index in [0.29, 0.717) is 6.61 Å². The Kier molecular flexibility index (Phi) is 5.29. The van der Waals surface area contributed by atoms with E-state index in [2.05, 4.69) is 15.9 Å². The molecule has 1 aromatic carbocycles. The molecule has 2 nitrogen and oxygen atoms in total. The summed E-state index contributed by atoms with van der Waals surface area (Å²) in [6.45, 7) is 2.71. The number of benzene rings is 1. The van der Waals surface area contributed by atoms with Crippen molar-refractivity contribution in [3.8, 4) is 0 Å². The van der Waals surface area contributed by atoms with Crippen LogP contribution in [0.2, 0.25) is 0 Å². The average Bonchev–Trinajstić information content (AvgIpc) is 2.22. The fraction of sp³-hybridized carbons (Fsp3) is 0.500. The molecule has 84 valence electrons. The molecule has 15 heavy (non-hydrogen) atoms. The van der Waals surface area contributed by atoms with Crippen molar-refractivity contribution in [1.82, 2.24) is 0 Å². The summed E-state index contributed by atoms with van der Waals surface area (Å²) in [4.78, 5) is 0. The molecule has 0 aliphatic heterocycles. The average molecular weight is 273 g/mol. The monoisotopic (exact) mass is 272 g/mol. The van der Waals surface area contributed by atoms with Gasteiger partial charge in [-0.15, -0.1) is 0 Å². The molecule has 1 rings (SSSR count). The summed E-state index contributed by atoms with van der Waals surface area (Å²) in [7, 11) is 1.68. The lowest BCUT2D eigenvalue weighted by Crippen LogP contribution is -2.02. The van der Waals surface area contributed by atoms with E-state index in [9.17, 15) is 5.11 Å². The van der Waals surface area contributed by atoms with Crippen LogP contribution in [0.1, 0.15) is 30.1 Å². The maximum absolute atomic E-state index is 9.98. The number of aliphatic hydroxyl groups excluding tert-OH is 1. The van der Waals surface area contributed by atoms with Crippen molar-refractivity contribution in [2.75, 3.05) is 13.7 Å². The predicted molar refractivity (Wildman–Crippen MR) is 64.9 cm³/mol. The molecule has 0 saturated heterocycles. The molecule has 1 unspecified atom stereocenters. The van der Waals surface area contributed by atoms with Gasteiger partial charge in [-0.05, 0) is 37.0 Å². The molecule has 1 aromatic rings. The third-order valence-electron chi connectivity index (χ3n) is 2.49. The SMILES string of the molecule is COCCCC(O)c1cccc(Br)c1C. The minimum atomic E-state index is -0.391. The summed E-state index contributed by atoms with van der Waals surface area (Å²) in [5, 5.41) is 9.98. The van der Waals surface area contributed by atoms with Crippen molar-refractivity contribution < 1.29 is 9.84 Å². The van der Waals surface area contributed by atoms with Crippen LogP contribution in [0.5, 0.6) is 0 Å². The Bertz CT molecular complexity index is 312. The fourth-order valence-corrected chi connectivity index (χ4v) is 1.94. The number of methoxy groups -OCH3 is 1. The van der Waals surface area contributed by atoms with Crippen molar-refractivity contribution in [1.29, 1.82) is 0 Å². The zero-order chi connectivity index (χ0) is 11.3. The van der Waals surface area contributed by atoms with Gasteiger partial charge >= 0.3 is 0 Å². The quantitative estimate of drug-likeness (QED) is 0.835. The van der Waals surface area contributed by atoms with Crippen LogP contribution in [0.3, 0.4) is 0 Å². The third kappa shape index (κ3) is 3.59. The Morgan fingerprint density at radius 2 is 2.20 bits per heavy atom. The van der Waals surface area contributed by atoms with Gasteiger partial charge < -0.3 is 9.84 Å². The van der Waals surface area contributed by atoms with E-state index in [4.69, 9.17) is 4.74 Å². The largest absolute Gasteiger partial charge is 0.388 e. The number of aliphatic hydroxyl groups is 1. The van der Waals surface area contributed by atoms with Gasteiger partial charge in [0.05, 0.1) is 6.10 Å². The minimum absolute atomic E-state index is 0.391. The first-order chi connectivity index (χ1) is 7.16. The van der Waals surface area contributed by atoms with Crippen molar-refractivity contribution in [3.05, 3.63) is 33.8 Å². The van der Waals surface area contributed by atoms with Crippen LogP contribution >= 0.6 is 15.9 Å². The first-order valence-electron chi connectivity index (χ1n) is 5.09. The first-order valence-corrected chi connectivity index (χ1v) is 5.88. The van der Waals surface area contributed by atoms with Gasteiger partial charge in [-0.3, -0.25) is 0 Å². The molecule has 0 radical (unpaired) electrons. The van der Waals surface area contributed by atoms with Crippen LogP contribution in [0, 0.1) is 6.92 Å². The number of ether oxygens (including phenoxy) is 1. The lowest BCUT2D eigenvalue weighted by Gasteiger charge is -2.14. The minimum Gasteiger partial charge on any atom is -0.388 e. The fourth-order valence-electron chi connectivity index (χ4n) is 1.56. The highest BCUT2D eigenvalue weighted by molar-refractivity contribution is 9.10. The summed E-state index contributed by atoms with van der Waals surface area (Å²) in [6, 6.07) is 5.91. The summed E-state index contributed by atoms with van der Waals surface area (Å²) in [6.07, 6.45) is 1.23. The number of rotatable bonds is 5. The van der Waals surface area contributed by atoms with Gasteiger partial charge in [0.15, 0.2) is 0 Å². The second kappa shape index (κ2) is 6.26. The molecule has 0 bridgehead atoms. The third-order valence-corrected chi connectivity index (χ3v) is 3.35. The molecular formula is C12H17BrO2. The van der Waals surface area contributed by atoms with Crippen molar-refractivity contribution in [2.24, 2.45) is 0 Å². The molecule has 0 aromatic heterocycles. The predicted octanol–water partition coefficient (Wildman–Crippen LogP) is 3.22. The van der Waals surface area contributed by atoms with Crippen LogP contribution in [0.15, 0.2) is 22.7 Å². The normalized spacial score (nSPS) is 12.8. The van der Waals surface area contributed by atoms with Crippen LogP contribution in [-0.2, 0) is 4.74 Å². The van der Waals surface area contributed by atoms with Gasteiger partial charge in [-0.25, -0.2) is 0 Å². The molecule has 1 N–H and O–H groups in total. The van der Waals surface area contributed by atoms with Crippen molar-refractivity contribution in [3.63, 3.8) is 0 Å². The smallest absolute Gasteiger partial charge is 0.0793 e. The van der Waals surface area contributed by atoms with Gasteiger partial charge in [0.1, 0.15) is 0 Å². The molecule has 0 aliphatic rings. The Morgan fingerprint density at radius 3 is 2.87 bits per heavy atom. The summed E-state index contributed by atoms with van der Waals surface area (Å²) in [5.41, 5.74) is 2.11. The second-order valence-corrected chi connectivity index (χ2v) is 4.46. The second-order valence-electron chi connectivity index (χ2n) is 3.60. The summed E-state index contributed by atoms with van der Waals surface area (Å²) < 4.78 is 6.01. The molecular weight excluding hydrogens is 256 g/mol. The lowest BCUT2D eigenvalue weighted by atomic mass is 10.0. The number of hydrogen-bond acceptors (Lipinski definition) is 2. The van der Waals surface area contributed by atoms with E-state index in [1.165, 1.54) is 0 Å². The van der Waals surface area contributed by atoms with Crippen LogP contribution in [-0.4, -0.2) is 18.8 Å². The maximum Gasteiger partial charge on any atom is 0.0793 e. The Morgan fingerprint density at radius 1 is 1.47 bits per heavy atom. The van der Waals surface area contributed by atoms with Gasteiger partial charge in [0, 0.05) is 18.2 Å². The van der Waals surface area contributed by atoms with Gasteiger partial charge in [-0.2, -0.15) is 0 Å². The maximum atomic E-state index is 9.98. The van der Waals surface area contributed by atoms with Crippen molar-refractivity contribution in [2.45, 2.75) is 25.9 Å². The molecule has 0 fully saturated rings. The first kappa shape index (κ1) is 12.7. The summed E-state index contributed by atoms with van der Waals surface area (Å²) >= 11 is 3.46. The highest BCUT2D eigenvalue weighted by Gasteiger charge is 2.11. The zero-order valence-electron chi connectivity index (χ0n) is 9.16. The summed E-state index contributed by atoms with van der Waals surface area (Å²) in [5.74, 6) is 0. The van der Waals surface area contributed by atoms with E-state index < -0.39 is 6.10 Å². The topological polar surface area (TPSA) is 29.5 Å². The Hall–Kier alpha value is -0.380. The van der Waals surface area contributed by atoms with Gasteiger partial charge in [0.2, 0.25) is 0 Å². The van der Waals surface area contributed by atoms with Crippen molar-refractivity contribution >= 4 is 15.9 Å². The van der Waals surface area contributed by atoms with E-state index in [-0.39, 0.29) is 0 Å². The van der Waals surface area contributed by atoms with Crippen LogP contribution in [0.4, 0.5) is 0 Å². The lowest BCUT2D eigenvalue weighted by molar-refractivity contribution is 0.136. The van der Waals surface area contributed by atoms with Crippen LogP contribution < -0.4 is 0 Å². The number of hydrogen-bond donors (Lipinski definition) is 1. The van der Waals surface area contributed by atoms with E-state index >= 15 is 0 Å². The molecule has 3 heteroatoms. The highest BCUT2D eigenvalue weighted by Crippen LogP contribution is 2.26. The molecule has 1 atom stereocenters. The standard InChI is InChI=1S/C12H17BrO2/c1-9-10(5-3-6-11(9)13)12(14)7-4-8-15-2/h3,5-6,12,14H,4,7-8H2,1-2H3. The molecule has 0 saturated carbocycles. The molecule has 0 spiro atoms. The van der Waals surface area contributed by atoms with E-state index in [1.807, 2.05) is 25.1 Å². The molecule has 0 heterocycles. The van der Waals surface area contributed by atoms with E-state index in [1.54, 1.807) is 7.11 Å². The highest BCUT2D eigenvalue weighted by atomic mass is 79.9. The Labute approximate surface area is 99.4 Å². The number of halogens is 1. The van der Waals surface area contributed by atoms with Gasteiger partial charge in [0.25, 0.3) is 0 Å². The van der Waals surface area contributed by atoms with E-state index in [0.717, 1.165) is 28.4 Å². The molecule has 0 aliphatic carbocycles. The zero-order valence-corrected chi connectivity index (χ0v) is 10.8. The van der Waals surface area contributed by atoms with Crippen LogP contribution in [0.25, 0.3) is 0 Å². The molecule has 0 amide bonds. The van der Waals surface area contributed by atoms with Gasteiger partial charge in [-0.1, -0.05) is 28.1 Å².